The number of methoxy groups -OCH3 is 1. The van der Waals surface area contributed by atoms with Crippen molar-refractivity contribution < 1.29 is 19.4 Å². The summed E-state index contributed by atoms with van der Waals surface area (Å²) < 4.78 is 11.2. The zero-order valence-electron chi connectivity index (χ0n) is 19.7. The highest BCUT2D eigenvalue weighted by Crippen LogP contribution is 2.41. The first-order chi connectivity index (χ1) is 16.5. The summed E-state index contributed by atoms with van der Waals surface area (Å²) in [5.74, 6) is 1.24. The molecule has 2 fully saturated rings. The molecule has 5 rings (SSSR count). The van der Waals surface area contributed by atoms with E-state index in [0.717, 1.165) is 80.1 Å². The van der Waals surface area contributed by atoms with Crippen LogP contribution in [-0.4, -0.2) is 66.9 Å². The lowest BCUT2D eigenvalue weighted by Crippen LogP contribution is -2.47. The van der Waals surface area contributed by atoms with Crippen molar-refractivity contribution in [1.82, 2.24) is 9.88 Å². The first-order valence-corrected chi connectivity index (χ1v) is 13.1. The number of likely N-dealkylation sites (tertiary alicyclic amines) is 1. The maximum Gasteiger partial charge on any atom is 0.307 e. The first kappa shape index (κ1) is 23.4. The van der Waals surface area contributed by atoms with E-state index in [1.165, 1.54) is 0 Å². The third-order valence-corrected chi connectivity index (χ3v) is 8.44. The minimum Gasteiger partial charge on any atom is -0.495 e. The quantitative estimate of drug-likeness (QED) is 0.651. The fraction of sp³-hybridized carbons (Fsp3) is 0.600. The average molecular weight is 488 g/mol. The molecule has 0 bridgehead atoms. The van der Waals surface area contributed by atoms with Crippen molar-refractivity contribution in [3.05, 3.63) is 37.8 Å². The maximum absolute atomic E-state index is 13.1. The lowest BCUT2D eigenvalue weighted by Gasteiger charge is -2.41. The molecule has 0 spiro atoms. The van der Waals surface area contributed by atoms with Gasteiger partial charge in [0, 0.05) is 38.6 Å². The Hall–Kier alpha value is -2.36. The zero-order valence-corrected chi connectivity index (χ0v) is 20.5. The van der Waals surface area contributed by atoms with Gasteiger partial charge in [0.25, 0.3) is 0 Å². The van der Waals surface area contributed by atoms with Crippen LogP contribution in [0.25, 0.3) is 0 Å². The number of carbonyl (C=O) groups is 1. The number of ether oxygens (including phenoxy) is 2. The molecule has 1 aromatic heterocycles. The summed E-state index contributed by atoms with van der Waals surface area (Å²) >= 11 is 1.03. The van der Waals surface area contributed by atoms with E-state index in [2.05, 4.69) is 9.88 Å². The Kier molecular flexibility index (Phi) is 6.94. The number of carbonyl (C=O) groups excluding carboxylic acids is 1. The van der Waals surface area contributed by atoms with Crippen LogP contribution in [0.3, 0.4) is 0 Å². The fourth-order valence-corrected chi connectivity index (χ4v) is 6.45. The van der Waals surface area contributed by atoms with E-state index < -0.39 is 0 Å². The van der Waals surface area contributed by atoms with Crippen LogP contribution < -0.4 is 14.5 Å². The molecule has 1 aromatic carbocycles. The number of anilines is 1. The van der Waals surface area contributed by atoms with Crippen LogP contribution in [0.1, 0.15) is 48.1 Å². The summed E-state index contributed by atoms with van der Waals surface area (Å²) in [5, 5.41) is 10.1. The number of aromatic nitrogens is 1. The topological polar surface area (TPSA) is 95.1 Å². The molecule has 4 heterocycles. The van der Waals surface area contributed by atoms with Gasteiger partial charge in [-0.05, 0) is 68.3 Å². The predicted molar refractivity (Wildman–Crippen MR) is 131 cm³/mol. The van der Waals surface area contributed by atoms with Gasteiger partial charge in [-0.1, -0.05) is 17.4 Å². The van der Waals surface area contributed by atoms with Crippen LogP contribution in [0.15, 0.2) is 16.9 Å². The summed E-state index contributed by atoms with van der Waals surface area (Å²) in [4.78, 5) is 32.1. The molecular weight excluding hydrogens is 454 g/mol. The molecule has 1 amide bonds. The van der Waals surface area contributed by atoms with E-state index in [1.807, 2.05) is 17.0 Å². The molecular formula is C25H33N3O5S. The first-order valence-electron chi connectivity index (χ1n) is 12.3. The number of thiazole rings is 1. The molecule has 0 unspecified atom stereocenters. The second kappa shape index (κ2) is 10.1. The number of nitrogens with one attached hydrogen (secondary N) is 1. The molecule has 184 valence electrons. The van der Waals surface area contributed by atoms with Gasteiger partial charge < -0.3 is 24.4 Å². The van der Waals surface area contributed by atoms with Gasteiger partial charge in [0.1, 0.15) is 5.75 Å². The third-order valence-electron chi connectivity index (χ3n) is 7.57. The monoisotopic (exact) mass is 487 g/mol. The number of rotatable bonds is 6. The van der Waals surface area contributed by atoms with Crippen molar-refractivity contribution in [1.29, 1.82) is 0 Å². The number of fused-ring (bicyclic) bond motifs is 1. The summed E-state index contributed by atoms with van der Waals surface area (Å²) in [6, 6.07) is 4.53. The zero-order chi connectivity index (χ0) is 23.7. The highest BCUT2D eigenvalue weighted by atomic mass is 32.1. The summed E-state index contributed by atoms with van der Waals surface area (Å²) in [7, 11) is 1.64. The molecule has 0 saturated carbocycles. The lowest BCUT2D eigenvalue weighted by atomic mass is 9.90. The number of piperidine rings is 1. The number of H-pyrrole nitrogens is 1. The van der Waals surface area contributed by atoms with Gasteiger partial charge in [0.2, 0.25) is 11.8 Å². The van der Waals surface area contributed by atoms with E-state index in [9.17, 15) is 14.7 Å². The number of nitrogens with zero attached hydrogens (tertiary/aromatic N) is 2. The smallest absolute Gasteiger partial charge is 0.307 e. The van der Waals surface area contributed by atoms with Gasteiger partial charge in [-0.3, -0.25) is 14.6 Å². The van der Waals surface area contributed by atoms with Gasteiger partial charge in [0.05, 0.1) is 17.7 Å². The lowest BCUT2D eigenvalue weighted by molar-refractivity contribution is -0.119. The number of hydrogen-bond acceptors (Lipinski definition) is 7. The number of benzene rings is 1. The Morgan fingerprint density at radius 3 is 2.59 bits per heavy atom. The number of aromatic amines is 1. The summed E-state index contributed by atoms with van der Waals surface area (Å²) in [6.45, 7) is 4.59. The molecule has 8 nitrogen and oxygen atoms in total. The molecule has 3 aliphatic rings. The van der Waals surface area contributed by atoms with Crippen molar-refractivity contribution in [2.75, 3.05) is 44.9 Å². The Bertz CT molecular complexity index is 1080. The van der Waals surface area contributed by atoms with E-state index in [1.54, 1.807) is 7.11 Å². The third kappa shape index (κ3) is 4.74. The van der Waals surface area contributed by atoms with Gasteiger partial charge in [0.15, 0.2) is 0 Å². The Morgan fingerprint density at radius 1 is 1.15 bits per heavy atom. The molecule has 3 aliphatic heterocycles. The summed E-state index contributed by atoms with van der Waals surface area (Å²) in [6.07, 6.45) is 5.96. The van der Waals surface area contributed by atoms with Crippen LogP contribution >= 0.6 is 11.3 Å². The second-order valence-electron chi connectivity index (χ2n) is 9.54. The molecule has 9 heteroatoms. The van der Waals surface area contributed by atoms with E-state index >= 15 is 0 Å². The number of aromatic hydroxyl groups is 1. The highest BCUT2D eigenvalue weighted by molar-refractivity contribution is 7.09. The van der Waals surface area contributed by atoms with E-state index in [-0.39, 0.29) is 16.7 Å². The SMILES string of the molecule is COc1ccc(Cc2sc(=O)[nH]c2O)c2c1N(CC1CCN(C3CCOCC3)CC1)C(=O)CC2. The average Bonchev–Trinajstić information content (AvgIpc) is 3.18. The van der Waals surface area contributed by atoms with Crippen LogP contribution in [0.2, 0.25) is 0 Å². The Balaban J connectivity index is 1.35. The van der Waals surface area contributed by atoms with Gasteiger partial charge in [-0.2, -0.15) is 0 Å². The Morgan fingerprint density at radius 2 is 1.91 bits per heavy atom. The predicted octanol–water partition coefficient (Wildman–Crippen LogP) is 2.91. The molecule has 2 aromatic rings. The van der Waals surface area contributed by atoms with Crippen molar-refractivity contribution in [3.8, 4) is 11.6 Å². The van der Waals surface area contributed by atoms with Crippen molar-refractivity contribution in [3.63, 3.8) is 0 Å². The fourth-order valence-electron chi connectivity index (χ4n) is 5.70. The molecule has 2 N–H and O–H groups in total. The second-order valence-corrected chi connectivity index (χ2v) is 10.6. The molecule has 34 heavy (non-hydrogen) atoms. The minimum atomic E-state index is -0.265. The Labute approximate surface area is 203 Å². The van der Waals surface area contributed by atoms with Crippen molar-refractivity contribution in [2.24, 2.45) is 5.92 Å². The van der Waals surface area contributed by atoms with Crippen LogP contribution in [0.5, 0.6) is 11.6 Å². The van der Waals surface area contributed by atoms with Gasteiger partial charge in [-0.25, -0.2) is 0 Å². The molecule has 0 radical (unpaired) electrons. The number of amides is 1. The van der Waals surface area contributed by atoms with Crippen LogP contribution in [-0.2, 0) is 22.4 Å². The highest BCUT2D eigenvalue weighted by Gasteiger charge is 2.33. The normalized spacial score (nSPS) is 20.5. The maximum atomic E-state index is 13.1. The van der Waals surface area contributed by atoms with E-state index in [0.29, 0.717) is 48.4 Å². The molecule has 0 atom stereocenters. The number of hydrogen-bond donors (Lipinski definition) is 2. The standard InChI is InChI=1S/C25H33N3O5S/c1-32-20-4-2-17(14-21-24(30)26-25(31)34-21)19-3-5-22(29)28(23(19)20)15-16-6-10-27(11-7-16)18-8-12-33-13-9-18/h2,4,16,18,30H,3,5-15H2,1H3,(H,26,31). The van der Waals surface area contributed by atoms with Gasteiger partial charge >= 0.3 is 4.87 Å². The van der Waals surface area contributed by atoms with Crippen molar-refractivity contribution >= 4 is 22.9 Å². The minimum absolute atomic E-state index is 0.0698. The molecule has 2 saturated heterocycles. The van der Waals surface area contributed by atoms with Crippen LogP contribution in [0, 0.1) is 5.92 Å². The van der Waals surface area contributed by atoms with Crippen LogP contribution in [0.4, 0.5) is 5.69 Å². The molecule has 0 aliphatic carbocycles. The van der Waals surface area contributed by atoms with Gasteiger partial charge in [-0.15, -0.1) is 0 Å². The largest absolute Gasteiger partial charge is 0.495 e. The van der Waals surface area contributed by atoms with Crippen molar-refractivity contribution in [2.45, 2.75) is 51.0 Å². The van der Waals surface area contributed by atoms with E-state index in [4.69, 9.17) is 9.47 Å². The summed E-state index contributed by atoms with van der Waals surface area (Å²) in [5.41, 5.74) is 2.97.